The second kappa shape index (κ2) is 12.3. The van der Waals surface area contributed by atoms with Crippen LogP contribution in [-0.4, -0.2) is 25.1 Å². The maximum atomic E-state index is 13.1. The molecule has 0 heterocycles. The van der Waals surface area contributed by atoms with Gasteiger partial charge in [0.15, 0.2) is 11.5 Å². The number of nitrogens with one attached hydrogen (secondary N) is 2. The first-order chi connectivity index (χ1) is 16.9. The van der Waals surface area contributed by atoms with Crippen LogP contribution in [-0.2, 0) is 22.6 Å². The third-order valence-electron chi connectivity index (χ3n) is 4.63. The molecule has 0 aliphatic heterocycles. The van der Waals surface area contributed by atoms with Crippen LogP contribution in [0.25, 0.3) is 0 Å². The fraction of sp³-hybridized carbons (Fsp3) is 0.120. The summed E-state index contributed by atoms with van der Waals surface area (Å²) < 4.78 is 24.8. The lowest BCUT2D eigenvalue weighted by atomic mass is 10.1. The van der Waals surface area contributed by atoms with E-state index in [0.717, 1.165) is 11.1 Å². The molecule has 0 fully saturated rings. The first-order valence-electron chi connectivity index (χ1n) is 10.2. The van der Waals surface area contributed by atoms with E-state index in [4.69, 9.17) is 14.7 Å². The lowest BCUT2D eigenvalue weighted by Crippen LogP contribution is -2.32. The van der Waals surface area contributed by atoms with Crippen molar-refractivity contribution in [3.05, 3.63) is 87.6 Å². The summed E-state index contributed by atoms with van der Waals surface area (Å²) in [6.45, 7) is 0.203. The first-order valence-corrected chi connectivity index (χ1v) is 11.0. The number of anilines is 1. The van der Waals surface area contributed by atoms with Gasteiger partial charge in [0.2, 0.25) is 0 Å². The van der Waals surface area contributed by atoms with Gasteiger partial charge in [0, 0.05) is 5.69 Å². The Balaban J connectivity index is 1.59. The number of carbonyl (C=O) groups is 2. The molecule has 178 valence electrons. The Morgan fingerprint density at radius 1 is 1.09 bits per heavy atom. The molecule has 8 nitrogen and oxygen atoms in total. The summed E-state index contributed by atoms with van der Waals surface area (Å²) in [4.78, 5) is 24.1. The third-order valence-corrected chi connectivity index (χ3v) is 5.22. The molecule has 0 aliphatic carbocycles. The Labute approximate surface area is 209 Å². The molecule has 0 unspecified atom stereocenters. The lowest BCUT2D eigenvalue weighted by molar-refractivity contribution is -0.136. The second-order valence-corrected chi connectivity index (χ2v) is 7.99. The van der Waals surface area contributed by atoms with E-state index in [2.05, 4.69) is 31.8 Å². The fourth-order valence-electron chi connectivity index (χ4n) is 2.89. The molecule has 2 N–H and O–H groups in total. The highest BCUT2D eigenvalue weighted by atomic mass is 79.9. The van der Waals surface area contributed by atoms with Gasteiger partial charge >= 0.3 is 11.8 Å². The van der Waals surface area contributed by atoms with Crippen LogP contribution < -0.4 is 20.2 Å². The highest BCUT2D eigenvalue weighted by Gasteiger charge is 2.14. The molecule has 2 amide bonds. The van der Waals surface area contributed by atoms with Gasteiger partial charge in [-0.2, -0.15) is 10.4 Å². The zero-order valence-corrected chi connectivity index (χ0v) is 20.1. The molecule has 0 radical (unpaired) electrons. The smallest absolute Gasteiger partial charge is 0.329 e. The quantitative estimate of drug-likeness (QED) is 0.252. The molecular formula is C25H20BrFN4O4. The first kappa shape index (κ1) is 25.4. The monoisotopic (exact) mass is 538 g/mol. The number of hydrogen-bond donors (Lipinski definition) is 2. The van der Waals surface area contributed by atoms with Gasteiger partial charge in [-0.25, -0.2) is 9.82 Å². The van der Waals surface area contributed by atoms with Crippen molar-refractivity contribution in [2.75, 3.05) is 12.4 Å². The summed E-state index contributed by atoms with van der Waals surface area (Å²) in [5.41, 5.74) is 4.73. The molecule has 3 aromatic rings. The van der Waals surface area contributed by atoms with Gasteiger partial charge < -0.3 is 14.8 Å². The van der Waals surface area contributed by atoms with Gasteiger partial charge in [-0.15, -0.1) is 0 Å². The van der Waals surface area contributed by atoms with Crippen LogP contribution >= 0.6 is 15.9 Å². The minimum atomic E-state index is -0.951. The number of nitriles is 1. The number of halogens is 2. The number of benzene rings is 3. The van der Waals surface area contributed by atoms with Crippen LogP contribution in [0.2, 0.25) is 0 Å². The Morgan fingerprint density at radius 2 is 1.77 bits per heavy atom. The van der Waals surface area contributed by atoms with Gasteiger partial charge in [-0.05, 0) is 69.0 Å². The second-order valence-electron chi connectivity index (χ2n) is 7.13. The number of ether oxygens (including phenoxy) is 2. The van der Waals surface area contributed by atoms with Crippen molar-refractivity contribution in [3.8, 4) is 17.6 Å². The Bertz CT molecular complexity index is 1270. The van der Waals surface area contributed by atoms with E-state index in [-0.39, 0.29) is 18.8 Å². The summed E-state index contributed by atoms with van der Waals surface area (Å²) >= 11 is 3.42. The SMILES string of the molecule is COc1cc(C=NNC(=O)C(=O)Nc2ccc(CC#N)cc2)cc(Br)c1OCc1ccc(F)cc1. The fourth-order valence-corrected chi connectivity index (χ4v) is 3.47. The van der Waals surface area contributed by atoms with Gasteiger partial charge in [-0.3, -0.25) is 9.59 Å². The van der Waals surface area contributed by atoms with Crippen molar-refractivity contribution in [1.82, 2.24) is 5.43 Å². The third kappa shape index (κ3) is 7.38. The molecule has 3 rings (SSSR count). The van der Waals surface area contributed by atoms with Crippen LogP contribution in [0.5, 0.6) is 11.5 Å². The van der Waals surface area contributed by atoms with Crippen molar-refractivity contribution < 1.29 is 23.5 Å². The van der Waals surface area contributed by atoms with Gasteiger partial charge in [0.25, 0.3) is 0 Å². The average Bonchev–Trinajstić information content (AvgIpc) is 2.85. The van der Waals surface area contributed by atoms with Crippen molar-refractivity contribution in [3.63, 3.8) is 0 Å². The number of hydrogen-bond acceptors (Lipinski definition) is 6. The number of amides is 2. The maximum Gasteiger partial charge on any atom is 0.329 e. The van der Waals surface area contributed by atoms with Crippen molar-refractivity contribution >= 4 is 39.6 Å². The lowest BCUT2D eigenvalue weighted by Gasteiger charge is -2.13. The molecular weight excluding hydrogens is 519 g/mol. The summed E-state index contributed by atoms with van der Waals surface area (Å²) in [5, 5.41) is 15.0. The van der Waals surface area contributed by atoms with E-state index in [1.807, 2.05) is 6.07 Å². The van der Waals surface area contributed by atoms with E-state index in [0.29, 0.717) is 27.2 Å². The Hall–Kier alpha value is -4.23. The van der Waals surface area contributed by atoms with Crippen LogP contribution in [0.15, 0.2) is 70.2 Å². The van der Waals surface area contributed by atoms with Crippen LogP contribution in [0.1, 0.15) is 16.7 Å². The number of hydrazone groups is 1. The van der Waals surface area contributed by atoms with Crippen molar-refractivity contribution in [1.29, 1.82) is 5.26 Å². The van der Waals surface area contributed by atoms with Crippen LogP contribution in [0.3, 0.4) is 0 Å². The predicted octanol–water partition coefficient (Wildman–Crippen LogP) is 4.33. The normalized spacial score (nSPS) is 10.5. The summed E-state index contributed by atoms with van der Waals surface area (Å²) in [6.07, 6.45) is 1.60. The van der Waals surface area contributed by atoms with Gasteiger partial charge in [0.1, 0.15) is 12.4 Å². The molecule has 0 aliphatic rings. The zero-order valence-electron chi connectivity index (χ0n) is 18.5. The summed E-state index contributed by atoms with van der Waals surface area (Å²) in [5.74, 6) is -1.32. The van der Waals surface area contributed by atoms with Crippen LogP contribution in [0.4, 0.5) is 10.1 Å². The van der Waals surface area contributed by atoms with E-state index < -0.39 is 11.8 Å². The van der Waals surface area contributed by atoms with E-state index in [1.54, 1.807) is 48.5 Å². The Morgan fingerprint density at radius 3 is 2.43 bits per heavy atom. The standard InChI is InChI=1S/C25H20BrFN4O4/c1-34-22-13-18(12-21(26)23(22)35-15-17-2-6-19(27)7-3-17)14-29-31-25(33)24(32)30-20-8-4-16(5-9-20)10-11-28/h2-9,12-14H,10,15H2,1H3,(H,30,32)(H,31,33). The molecule has 3 aromatic carbocycles. The highest BCUT2D eigenvalue weighted by molar-refractivity contribution is 9.10. The molecule has 0 spiro atoms. The van der Waals surface area contributed by atoms with E-state index >= 15 is 0 Å². The van der Waals surface area contributed by atoms with E-state index in [1.165, 1.54) is 25.5 Å². The highest BCUT2D eigenvalue weighted by Crippen LogP contribution is 2.36. The number of rotatable bonds is 8. The molecule has 35 heavy (non-hydrogen) atoms. The largest absolute Gasteiger partial charge is 0.493 e. The minimum absolute atomic E-state index is 0.203. The summed E-state index contributed by atoms with van der Waals surface area (Å²) in [7, 11) is 1.48. The molecule has 0 saturated heterocycles. The topological polar surface area (TPSA) is 113 Å². The van der Waals surface area contributed by atoms with Crippen molar-refractivity contribution in [2.24, 2.45) is 5.10 Å². The summed E-state index contributed by atoms with van der Waals surface area (Å²) in [6, 6.07) is 17.9. The molecule has 10 heteroatoms. The molecule has 0 atom stereocenters. The average molecular weight is 539 g/mol. The maximum absolute atomic E-state index is 13.1. The molecule has 0 bridgehead atoms. The predicted molar refractivity (Wildman–Crippen MR) is 132 cm³/mol. The molecule has 0 aromatic heterocycles. The minimum Gasteiger partial charge on any atom is -0.493 e. The number of nitrogens with zero attached hydrogens (tertiary/aromatic N) is 2. The Kier molecular flexibility index (Phi) is 8.92. The molecule has 0 saturated carbocycles. The van der Waals surface area contributed by atoms with Crippen molar-refractivity contribution in [2.45, 2.75) is 13.0 Å². The van der Waals surface area contributed by atoms with Crippen LogP contribution in [0, 0.1) is 17.1 Å². The van der Waals surface area contributed by atoms with Gasteiger partial charge in [-0.1, -0.05) is 24.3 Å². The number of carbonyl (C=O) groups excluding carboxylic acids is 2. The zero-order chi connectivity index (χ0) is 25.2. The van der Waals surface area contributed by atoms with Gasteiger partial charge in [0.05, 0.1) is 30.3 Å². The number of methoxy groups -OCH3 is 1. The van der Waals surface area contributed by atoms with E-state index in [9.17, 15) is 14.0 Å².